The maximum absolute atomic E-state index is 5.37. The van der Waals surface area contributed by atoms with E-state index >= 15 is 0 Å². The molecule has 0 unspecified atom stereocenters. The van der Waals surface area contributed by atoms with Gasteiger partial charge in [-0.2, -0.15) is 0 Å². The molecular formula is C14H16O. The normalized spacial score (nSPS) is 15.5. The van der Waals surface area contributed by atoms with Crippen LogP contribution in [0.25, 0.3) is 5.57 Å². The molecule has 1 nitrogen and oxygen atoms in total. The number of para-hydroxylation sites is 1. The standard InChI is InChI=1S/C14H16O/c1-10-8-12(9-11(10)2)13-6-4-5-7-14(13)15-3/h4-8H,9H2,1-3H3. The van der Waals surface area contributed by atoms with Crippen molar-refractivity contribution < 1.29 is 4.74 Å². The Hall–Kier alpha value is -1.50. The molecule has 0 spiro atoms. The maximum Gasteiger partial charge on any atom is 0.126 e. The lowest BCUT2D eigenvalue weighted by atomic mass is 10.0. The average Bonchev–Trinajstić information content (AvgIpc) is 2.59. The van der Waals surface area contributed by atoms with E-state index in [1.807, 2.05) is 12.1 Å². The van der Waals surface area contributed by atoms with Crippen molar-refractivity contribution in [1.29, 1.82) is 0 Å². The van der Waals surface area contributed by atoms with Crippen LogP contribution in [0.2, 0.25) is 0 Å². The first-order chi connectivity index (χ1) is 7.22. The minimum absolute atomic E-state index is 0.964. The molecule has 0 atom stereocenters. The third-order valence-electron chi connectivity index (χ3n) is 2.97. The van der Waals surface area contributed by atoms with Crippen LogP contribution < -0.4 is 4.74 Å². The van der Waals surface area contributed by atoms with E-state index in [-0.39, 0.29) is 0 Å². The fourth-order valence-corrected chi connectivity index (χ4v) is 1.94. The molecule has 0 N–H and O–H groups in total. The van der Waals surface area contributed by atoms with Crippen molar-refractivity contribution in [3.8, 4) is 5.75 Å². The van der Waals surface area contributed by atoms with Gasteiger partial charge in [0.15, 0.2) is 0 Å². The van der Waals surface area contributed by atoms with E-state index in [0.717, 1.165) is 12.2 Å². The Morgan fingerprint density at radius 2 is 1.87 bits per heavy atom. The number of rotatable bonds is 2. The van der Waals surface area contributed by atoms with E-state index in [4.69, 9.17) is 4.74 Å². The Labute approximate surface area is 91.1 Å². The van der Waals surface area contributed by atoms with Crippen molar-refractivity contribution >= 4 is 5.57 Å². The number of benzene rings is 1. The molecule has 0 heterocycles. The van der Waals surface area contributed by atoms with E-state index in [1.165, 1.54) is 22.3 Å². The molecule has 1 aromatic carbocycles. The molecule has 1 aromatic rings. The summed E-state index contributed by atoms with van der Waals surface area (Å²) in [5.41, 5.74) is 5.42. The molecule has 0 saturated heterocycles. The summed E-state index contributed by atoms with van der Waals surface area (Å²) >= 11 is 0. The van der Waals surface area contributed by atoms with Gasteiger partial charge in [-0.05, 0) is 31.9 Å². The number of hydrogen-bond acceptors (Lipinski definition) is 1. The fraction of sp³-hybridized carbons (Fsp3) is 0.286. The van der Waals surface area contributed by atoms with Gasteiger partial charge in [0.25, 0.3) is 0 Å². The van der Waals surface area contributed by atoms with Crippen LogP contribution in [0.5, 0.6) is 5.75 Å². The third kappa shape index (κ3) is 1.82. The van der Waals surface area contributed by atoms with Crippen molar-refractivity contribution in [3.63, 3.8) is 0 Å². The van der Waals surface area contributed by atoms with Crippen molar-refractivity contribution in [3.05, 3.63) is 47.1 Å². The van der Waals surface area contributed by atoms with Crippen LogP contribution in [0.15, 0.2) is 41.5 Å². The number of ether oxygens (including phenoxy) is 1. The molecule has 0 aromatic heterocycles. The zero-order valence-electron chi connectivity index (χ0n) is 9.50. The van der Waals surface area contributed by atoms with Gasteiger partial charge in [0.1, 0.15) is 5.75 Å². The first kappa shape index (κ1) is 10.0. The molecule has 78 valence electrons. The number of methoxy groups -OCH3 is 1. The van der Waals surface area contributed by atoms with Gasteiger partial charge < -0.3 is 4.74 Å². The van der Waals surface area contributed by atoms with E-state index in [2.05, 4.69) is 32.1 Å². The summed E-state index contributed by atoms with van der Waals surface area (Å²) in [6, 6.07) is 8.20. The molecule has 1 aliphatic carbocycles. The molecule has 0 amide bonds. The van der Waals surface area contributed by atoms with E-state index < -0.39 is 0 Å². The quantitative estimate of drug-likeness (QED) is 0.705. The summed E-state index contributed by atoms with van der Waals surface area (Å²) in [6.07, 6.45) is 3.30. The summed E-state index contributed by atoms with van der Waals surface area (Å²) in [6.45, 7) is 4.35. The van der Waals surface area contributed by atoms with Gasteiger partial charge in [-0.3, -0.25) is 0 Å². The predicted octanol–water partition coefficient (Wildman–Crippen LogP) is 3.82. The second kappa shape index (κ2) is 3.93. The Bertz CT molecular complexity index is 438. The molecule has 0 saturated carbocycles. The molecule has 2 rings (SSSR count). The average molecular weight is 200 g/mol. The highest BCUT2D eigenvalue weighted by molar-refractivity contribution is 5.77. The second-order valence-electron chi connectivity index (χ2n) is 4.01. The van der Waals surface area contributed by atoms with Gasteiger partial charge >= 0.3 is 0 Å². The minimum Gasteiger partial charge on any atom is -0.496 e. The van der Waals surface area contributed by atoms with Gasteiger partial charge in [0, 0.05) is 5.56 Å². The Kier molecular flexibility index (Phi) is 2.63. The summed E-state index contributed by atoms with van der Waals surface area (Å²) < 4.78 is 5.37. The van der Waals surface area contributed by atoms with Crippen LogP contribution in [0.4, 0.5) is 0 Å². The Balaban J connectivity index is 2.37. The Morgan fingerprint density at radius 3 is 2.47 bits per heavy atom. The molecule has 1 heteroatoms. The van der Waals surface area contributed by atoms with Crippen molar-refractivity contribution in [1.82, 2.24) is 0 Å². The van der Waals surface area contributed by atoms with Crippen LogP contribution in [-0.2, 0) is 0 Å². The van der Waals surface area contributed by atoms with Gasteiger partial charge in [0.2, 0.25) is 0 Å². The summed E-state index contributed by atoms with van der Waals surface area (Å²) in [5.74, 6) is 0.964. The molecule has 0 radical (unpaired) electrons. The van der Waals surface area contributed by atoms with E-state index in [1.54, 1.807) is 7.11 Å². The summed E-state index contributed by atoms with van der Waals surface area (Å²) in [7, 11) is 1.72. The lowest BCUT2D eigenvalue weighted by Crippen LogP contribution is -1.90. The van der Waals surface area contributed by atoms with Crippen LogP contribution in [0.1, 0.15) is 25.8 Å². The van der Waals surface area contributed by atoms with Crippen molar-refractivity contribution in [2.24, 2.45) is 0 Å². The van der Waals surface area contributed by atoms with Gasteiger partial charge in [-0.1, -0.05) is 35.4 Å². The smallest absolute Gasteiger partial charge is 0.126 e. The third-order valence-corrected chi connectivity index (χ3v) is 2.97. The second-order valence-corrected chi connectivity index (χ2v) is 4.01. The maximum atomic E-state index is 5.37. The van der Waals surface area contributed by atoms with Crippen LogP contribution >= 0.6 is 0 Å². The van der Waals surface area contributed by atoms with Crippen molar-refractivity contribution in [2.75, 3.05) is 7.11 Å². The summed E-state index contributed by atoms with van der Waals surface area (Å²) in [4.78, 5) is 0. The molecule has 0 aliphatic heterocycles. The number of hydrogen-bond donors (Lipinski definition) is 0. The van der Waals surface area contributed by atoms with Crippen LogP contribution in [0, 0.1) is 0 Å². The monoisotopic (exact) mass is 200 g/mol. The summed E-state index contributed by atoms with van der Waals surface area (Å²) in [5, 5.41) is 0. The molecule has 0 bridgehead atoms. The Morgan fingerprint density at radius 1 is 1.13 bits per heavy atom. The van der Waals surface area contributed by atoms with Gasteiger partial charge in [0.05, 0.1) is 7.11 Å². The molecule has 15 heavy (non-hydrogen) atoms. The van der Waals surface area contributed by atoms with Crippen molar-refractivity contribution in [2.45, 2.75) is 20.3 Å². The SMILES string of the molecule is COc1ccccc1C1=CC(C)=C(C)C1. The van der Waals surface area contributed by atoms with Crippen LogP contribution in [-0.4, -0.2) is 7.11 Å². The van der Waals surface area contributed by atoms with E-state index in [9.17, 15) is 0 Å². The zero-order valence-corrected chi connectivity index (χ0v) is 9.50. The highest BCUT2D eigenvalue weighted by Crippen LogP contribution is 2.36. The minimum atomic E-state index is 0.964. The fourth-order valence-electron chi connectivity index (χ4n) is 1.94. The lowest BCUT2D eigenvalue weighted by molar-refractivity contribution is 0.413. The lowest BCUT2D eigenvalue weighted by Gasteiger charge is -2.08. The van der Waals surface area contributed by atoms with E-state index in [0.29, 0.717) is 0 Å². The highest BCUT2D eigenvalue weighted by atomic mass is 16.5. The van der Waals surface area contributed by atoms with Gasteiger partial charge in [-0.15, -0.1) is 0 Å². The highest BCUT2D eigenvalue weighted by Gasteiger charge is 2.14. The topological polar surface area (TPSA) is 9.23 Å². The molecule has 0 fully saturated rings. The van der Waals surface area contributed by atoms with Crippen LogP contribution in [0.3, 0.4) is 0 Å². The van der Waals surface area contributed by atoms with Gasteiger partial charge in [-0.25, -0.2) is 0 Å². The molecular weight excluding hydrogens is 184 g/mol. The number of allylic oxidation sites excluding steroid dienone is 4. The molecule has 1 aliphatic rings. The first-order valence-corrected chi connectivity index (χ1v) is 5.22. The predicted molar refractivity (Wildman–Crippen MR) is 64.0 cm³/mol. The first-order valence-electron chi connectivity index (χ1n) is 5.22. The largest absolute Gasteiger partial charge is 0.496 e. The zero-order chi connectivity index (χ0) is 10.8.